The van der Waals surface area contributed by atoms with Crippen LogP contribution in [0.1, 0.15) is 46.0 Å². The van der Waals surface area contributed by atoms with E-state index >= 15 is 0 Å². The van der Waals surface area contributed by atoms with Crippen molar-refractivity contribution in [1.29, 1.82) is 0 Å². The first kappa shape index (κ1) is 10.5. The second kappa shape index (κ2) is 4.09. The van der Waals surface area contributed by atoms with Crippen molar-refractivity contribution in [3.8, 4) is 0 Å². The van der Waals surface area contributed by atoms with Crippen molar-refractivity contribution in [2.45, 2.75) is 57.5 Å². The van der Waals surface area contributed by atoms with E-state index in [1.54, 1.807) is 0 Å². The first-order chi connectivity index (χ1) is 6.13. The molecule has 0 aromatic rings. The number of amides is 1. The van der Waals surface area contributed by atoms with Crippen molar-refractivity contribution in [3.63, 3.8) is 0 Å². The zero-order chi connectivity index (χ0) is 9.90. The van der Waals surface area contributed by atoms with Crippen LogP contribution in [0.4, 0.5) is 0 Å². The highest BCUT2D eigenvalue weighted by Crippen LogP contribution is 2.34. The van der Waals surface area contributed by atoms with Crippen molar-refractivity contribution in [3.05, 3.63) is 0 Å². The molecule has 3 N–H and O–H groups in total. The summed E-state index contributed by atoms with van der Waals surface area (Å²) in [6.45, 7) is 4.06. The van der Waals surface area contributed by atoms with Gasteiger partial charge in [0.2, 0.25) is 5.91 Å². The summed E-state index contributed by atoms with van der Waals surface area (Å²) in [4.78, 5) is 11.5. The van der Waals surface area contributed by atoms with Gasteiger partial charge in [-0.2, -0.15) is 0 Å². The van der Waals surface area contributed by atoms with Crippen LogP contribution in [-0.4, -0.2) is 17.5 Å². The Hall–Kier alpha value is -0.570. The molecule has 1 atom stereocenters. The van der Waals surface area contributed by atoms with Crippen LogP contribution in [0.15, 0.2) is 0 Å². The molecule has 0 aromatic heterocycles. The Morgan fingerprint density at radius 1 is 1.54 bits per heavy atom. The third-order valence-corrected chi connectivity index (χ3v) is 3.15. The van der Waals surface area contributed by atoms with Gasteiger partial charge in [-0.15, -0.1) is 0 Å². The summed E-state index contributed by atoms with van der Waals surface area (Å²) in [5.41, 5.74) is 5.73. The molecule has 1 rings (SSSR count). The van der Waals surface area contributed by atoms with Crippen LogP contribution >= 0.6 is 0 Å². The van der Waals surface area contributed by atoms with Gasteiger partial charge in [0, 0.05) is 5.54 Å². The molecule has 1 amide bonds. The van der Waals surface area contributed by atoms with Gasteiger partial charge < -0.3 is 11.1 Å². The summed E-state index contributed by atoms with van der Waals surface area (Å²) < 4.78 is 0. The monoisotopic (exact) mass is 184 g/mol. The first-order valence-corrected chi connectivity index (χ1v) is 5.21. The molecule has 0 heterocycles. The van der Waals surface area contributed by atoms with Crippen LogP contribution < -0.4 is 11.1 Å². The van der Waals surface area contributed by atoms with Crippen LogP contribution in [0.5, 0.6) is 0 Å². The molecule has 13 heavy (non-hydrogen) atoms. The van der Waals surface area contributed by atoms with E-state index in [0.29, 0.717) is 6.42 Å². The molecule has 3 heteroatoms. The first-order valence-electron chi connectivity index (χ1n) is 5.21. The number of nitrogens with one attached hydrogen (secondary N) is 1. The molecule has 1 fully saturated rings. The van der Waals surface area contributed by atoms with Gasteiger partial charge in [0.1, 0.15) is 0 Å². The molecule has 0 radical (unpaired) electrons. The smallest absolute Gasteiger partial charge is 0.237 e. The minimum absolute atomic E-state index is 0.0176. The quantitative estimate of drug-likeness (QED) is 0.689. The SMILES string of the molecule is CC[C@H](N)C(=O)NC1(CC)CCC1. The average molecular weight is 184 g/mol. The third kappa shape index (κ3) is 2.21. The Morgan fingerprint density at radius 2 is 2.15 bits per heavy atom. The van der Waals surface area contributed by atoms with Crippen LogP contribution in [-0.2, 0) is 4.79 Å². The highest BCUT2D eigenvalue weighted by molar-refractivity contribution is 5.82. The Labute approximate surface area is 80.1 Å². The van der Waals surface area contributed by atoms with Gasteiger partial charge in [-0.25, -0.2) is 0 Å². The number of rotatable bonds is 4. The zero-order valence-electron chi connectivity index (χ0n) is 8.60. The zero-order valence-corrected chi connectivity index (χ0v) is 8.60. The van der Waals surface area contributed by atoms with Crippen molar-refractivity contribution in [2.75, 3.05) is 0 Å². The van der Waals surface area contributed by atoms with Gasteiger partial charge in [0.25, 0.3) is 0 Å². The summed E-state index contributed by atoms with van der Waals surface area (Å²) in [5, 5.41) is 3.07. The summed E-state index contributed by atoms with van der Waals surface area (Å²) in [6, 6.07) is -0.330. The van der Waals surface area contributed by atoms with Crippen LogP contribution in [0, 0.1) is 0 Å². The number of hydrogen-bond acceptors (Lipinski definition) is 2. The second-order valence-electron chi connectivity index (χ2n) is 3.99. The minimum Gasteiger partial charge on any atom is -0.349 e. The molecule has 1 aliphatic carbocycles. The maximum atomic E-state index is 11.5. The van der Waals surface area contributed by atoms with Gasteiger partial charge in [0.05, 0.1) is 6.04 Å². The molecule has 0 spiro atoms. The lowest BCUT2D eigenvalue weighted by Gasteiger charge is -2.42. The molecule has 0 aromatic carbocycles. The summed E-state index contributed by atoms with van der Waals surface area (Å²) in [7, 11) is 0. The van der Waals surface area contributed by atoms with Crippen LogP contribution in [0.2, 0.25) is 0 Å². The number of carbonyl (C=O) groups excluding carboxylic acids is 1. The van der Waals surface area contributed by atoms with E-state index in [0.717, 1.165) is 19.3 Å². The molecule has 0 unspecified atom stereocenters. The van der Waals surface area contributed by atoms with E-state index in [4.69, 9.17) is 5.73 Å². The topological polar surface area (TPSA) is 55.1 Å². The van der Waals surface area contributed by atoms with Gasteiger partial charge >= 0.3 is 0 Å². The van der Waals surface area contributed by atoms with E-state index in [9.17, 15) is 4.79 Å². The number of carbonyl (C=O) groups is 1. The van der Waals surface area contributed by atoms with E-state index in [1.807, 2.05) is 6.92 Å². The Morgan fingerprint density at radius 3 is 2.46 bits per heavy atom. The lowest BCUT2D eigenvalue weighted by molar-refractivity contribution is -0.125. The molecular formula is C10H20N2O. The second-order valence-corrected chi connectivity index (χ2v) is 3.99. The standard InChI is InChI=1S/C10H20N2O/c1-3-8(11)9(13)12-10(4-2)6-5-7-10/h8H,3-7,11H2,1-2H3,(H,12,13)/t8-/m0/s1. The average Bonchev–Trinajstić information content (AvgIpc) is 2.09. The van der Waals surface area contributed by atoms with Crippen molar-refractivity contribution in [2.24, 2.45) is 5.73 Å². The molecule has 1 saturated carbocycles. The van der Waals surface area contributed by atoms with Crippen LogP contribution in [0.3, 0.4) is 0 Å². The van der Waals surface area contributed by atoms with E-state index in [-0.39, 0.29) is 17.5 Å². The third-order valence-electron chi connectivity index (χ3n) is 3.15. The Balaban J connectivity index is 2.42. The highest BCUT2D eigenvalue weighted by Gasteiger charge is 2.36. The highest BCUT2D eigenvalue weighted by atomic mass is 16.2. The summed E-state index contributed by atoms with van der Waals surface area (Å²) in [5.74, 6) is 0.0176. The number of nitrogens with two attached hydrogens (primary N) is 1. The molecule has 0 aliphatic heterocycles. The van der Waals surface area contributed by atoms with Crippen molar-refractivity contribution < 1.29 is 4.79 Å². The molecule has 3 nitrogen and oxygen atoms in total. The van der Waals surface area contributed by atoms with E-state index < -0.39 is 0 Å². The van der Waals surface area contributed by atoms with Crippen molar-refractivity contribution in [1.82, 2.24) is 5.32 Å². The normalized spacial score (nSPS) is 21.8. The molecule has 0 saturated heterocycles. The maximum absolute atomic E-state index is 11.5. The lowest BCUT2D eigenvalue weighted by Crippen LogP contribution is -2.56. The Bertz CT molecular complexity index is 182. The summed E-state index contributed by atoms with van der Waals surface area (Å²) >= 11 is 0. The lowest BCUT2D eigenvalue weighted by atomic mass is 9.74. The molecule has 0 bridgehead atoms. The predicted octanol–water partition coefficient (Wildman–Crippen LogP) is 1.17. The van der Waals surface area contributed by atoms with E-state index in [2.05, 4.69) is 12.2 Å². The van der Waals surface area contributed by atoms with Crippen molar-refractivity contribution >= 4 is 5.91 Å². The number of hydrogen-bond donors (Lipinski definition) is 2. The molecule has 76 valence electrons. The van der Waals surface area contributed by atoms with Gasteiger partial charge in [-0.1, -0.05) is 13.8 Å². The predicted molar refractivity (Wildman–Crippen MR) is 53.3 cm³/mol. The van der Waals surface area contributed by atoms with Gasteiger partial charge in [-0.3, -0.25) is 4.79 Å². The van der Waals surface area contributed by atoms with E-state index in [1.165, 1.54) is 6.42 Å². The van der Waals surface area contributed by atoms with Crippen LogP contribution in [0.25, 0.3) is 0 Å². The minimum atomic E-state index is -0.330. The maximum Gasteiger partial charge on any atom is 0.237 e. The fourth-order valence-corrected chi connectivity index (χ4v) is 1.71. The molecule has 1 aliphatic rings. The summed E-state index contributed by atoms with van der Waals surface area (Å²) in [6.07, 6.45) is 5.20. The largest absolute Gasteiger partial charge is 0.349 e. The Kier molecular flexibility index (Phi) is 3.31. The fourth-order valence-electron chi connectivity index (χ4n) is 1.71. The van der Waals surface area contributed by atoms with Gasteiger partial charge in [-0.05, 0) is 32.1 Å². The van der Waals surface area contributed by atoms with Gasteiger partial charge in [0.15, 0.2) is 0 Å². The fraction of sp³-hybridized carbons (Fsp3) is 0.900. The molecular weight excluding hydrogens is 164 g/mol.